The highest BCUT2D eigenvalue weighted by Crippen LogP contribution is 2.33. The summed E-state index contributed by atoms with van der Waals surface area (Å²) in [5.41, 5.74) is 3.51. The number of nitrogens with zero attached hydrogens (tertiary/aromatic N) is 3. The molecule has 2 aromatic heterocycles. The first-order chi connectivity index (χ1) is 13.6. The fraction of sp³-hybridized carbons (Fsp3) is 0.190. The summed E-state index contributed by atoms with van der Waals surface area (Å²) in [4.78, 5) is 0. The van der Waals surface area contributed by atoms with Gasteiger partial charge in [-0.05, 0) is 26.0 Å². The van der Waals surface area contributed by atoms with Gasteiger partial charge in [0.25, 0.3) is 11.8 Å². The lowest BCUT2D eigenvalue weighted by Crippen LogP contribution is -2.83. The van der Waals surface area contributed by atoms with E-state index in [1.54, 1.807) is 0 Å². The summed E-state index contributed by atoms with van der Waals surface area (Å²) >= 11 is 6.08. The van der Waals surface area contributed by atoms with Crippen molar-refractivity contribution in [2.75, 3.05) is 0 Å². The second-order valence-electron chi connectivity index (χ2n) is 6.61. The van der Waals surface area contributed by atoms with Crippen molar-refractivity contribution in [3.63, 3.8) is 0 Å². The Kier molecular flexibility index (Phi) is 5.23. The molecule has 1 atom stereocenters. The third kappa shape index (κ3) is 3.83. The molecular weight excluding hydrogens is 376 g/mol. The molecule has 28 heavy (non-hydrogen) atoms. The molecule has 0 amide bonds. The van der Waals surface area contributed by atoms with Crippen LogP contribution in [-0.2, 0) is 6.54 Å². The molecule has 6 nitrogen and oxygen atoms in total. The van der Waals surface area contributed by atoms with E-state index >= 15 is 0 Å². The molecule has 0 radical (unpaired) electrons. The van der Waals surface area contributed by atoms with E-state index in [1.807, 2.05) is 55.5 Å². The van der Waals surface area contributed by atoms with Crippen LogP contribution in [0.25, 0.3) is 22.7 Å². The van der Waals surface area contributed by atoms with Crippen molar-refractivity contribution in [1.29, 1.82) is 0 Å². The van der Waals surface area contributed by atoms with Gasteiger partial charge in [0.1, 0.15) is 23.1 Å². The predicted molar refractivity (Wildman–Crippen MR) is 105 cm³/mol. The lowest BCUT2D eigenvalue weighted by atomic mass is 10.1. The second-order valence-corrected chi connectivity index (χ2v) is 7.05. The zero-order valence-corrected chi connectivity index (χ0v) is 16.3. The summed E-state index contributed by atoms with van der Waals surface area (Å²) in [6, 6.07) is 17.9. The molecule has 0 saturated heterocycles. The van der Waals surface area contributed by atoms with Crippen LogP contribution in [0.3, 0.4) is 0 Å². The van der Waals surface area contributed by atoms with E-state index in [2.05, 4.69) is 33.7 Å². The first-order valence-corrected chi connectivity index (χ1v) is 9.43. The van der Waals surface area contributed by atoms with E-state index in [0.717, 1.165) is 21.7 Å². The van der Waals surface area contributed by atoms with Crippen molar-refractivity contribution < 1.29 is 14.3 Å². The van der Waals surface area contributed by atoms with Gasteiger partial charge in [-0.3, -0.25) is 0 Å². The number of nitrogens with two attached hydrogens (primary N) is 1. The number of benzene rings is 2. The van der Waals surface area contributed by atoms with E-state index in [4.69, 9.17) is 20.5 Å². The molecule has 0 spiro atoms. The molecular formula is C21H20ClN4O2+. The first kappa shape index (κ1) is 18.4. The van der Waals surface area contributed by atoms with Crippen molar-refractivity contribution in [2.45, 2.75) is 26.4 Å². The standard InChI is InChI=1S/C21H19ClN4O2/c1-13(16-9-6-10-17(22)11-16)23-12-18-24-25-21(27-18)19-14(2)28-26-20(19)15-7-4-3-5-8-15/h3-11,13,23H,12H2,1-2H3/p+1/t13-/m0/s1. The van der Waals surface area contributed by atoms with Crippen LogP contribution >= 0.6 is 11.6 Å². The molecule has 0 aliphatic heterocycles. The molecule has 0 bridgehead atoms. The summed E-state index contributed by atoms with van der Waals surface area (Å²) in [5, 5.41) is 15.4. The third-order valence-corrected chi connectivity index (χ3v) is 4.85. The van der Waals surface area contributed by atoms with Gasteiger partial charge in [0, 0.05) is 16.1 Å². The van der Waals surface area contributed by atoms with Gasteiger partial charge in [-0.1, -0.05) is 59.2 Å². The Bertz CT molecular complexity index is 1070. The Labute approximate surface area is 167 Å². The number of hydrogen-bond donors (Lipinski definition) is 1. The van der Waals surface area contributed by atoms with Crippen LogP contribution in [0.15, 0.2) is 63.5 Å². The summed E-state index contributed by atoms with van der Waals surface area (Å²) < 4.78 is 11.3. The lowest BCUT2D eigenvalue weighted by molar-refractivity contribution is -0.709. The van der Waals surface area contributed by atoms with Crippen LogP contribution in [0.4, 0.5) is 0 Å². The van der Waals surface area contributed by atoms with Crippen molar-refractivity contribution in [2.24, 2.45) is 0 Å². The van der Waals surface area contributed by atoms with Crippen LogP contribution in [0.5, 0.6) is 0 Å². The maximum Gasteiger partial charge on any atom is 0.271 e. The second kappa shape index (κ2) is 7.96. The average Bonchev–Trinajstić information content (AvgIpc) is 3.33. The minimum Gasteiger partial charge on any atom is -0.415 e. The fourth-order valence-electron chi connectivity index (χ4n) is 3.06. The molecule has 7 heteroatoms. The summed E-state index contributed by atoms with van der Waals surface area (Å²) in [6.45, 7) is 4.51. The van der Waals surface area contributed by atoms with Crippen molar-refractivity contribution in [3.8, 4) is 22.7 Å². The molecule has 142 valence electrons. The van der Waals surface area contributed by atoms with Crippen LogP contribution in [-0.4, -0.2) is 15.4 Å². The molecule has 4 rings (SSSR count). The molecule has 4 aromatic rings. The van der Waals surface area contributed by atoms with Gasteiger partial charge in [0.2, 0.25) is 0 Å². The minimum atomic E-state index is 0.214. The first-order valence-electron chi connectivity index (χ1n) is 9.05. The van der Waals surface area contributed by atoms with Gasteiger partial charge >= 0.3 is 0 Å². The molecule has 0 aliphatic rings. The van der Waals surface area contributed by atoms with E-state index in [0.29, 0.717) is 29.8 Å². The Balaban J connectivity index is 1.52. The predicted octanol–water partition coefficient (Wildman–Crippen LogP) is 4.18. The van der Waals surface area contributed by atoms with Gasteiger partial charge < -0.3 is 14.3 Å². The minimum absolute atomic E-state index is 0.214. The van der Waals surface area contributed by atoms with E-state index in [9.17, 15) is 0 Å². The lowest BCUT2D eigenvalue weighted by Gasteiger charge is -2.09. The topological polar surface area (TPSA) is 81.6 Å². The Hall–Kier alpha value is -2.96. The van der Waals surface area contributed by atoms with Gasteiger partial charge in [0.05, 0.1) is 0 Å². The van der Waals surface area contributed by atoms with Crippen LogP contribution < -0.4 is 5.32 Å². The smallest absolute Gasteiger partial charge is 0.271 e. The Morgan fingerprint density at radius 2 is 1.89 bits per heavy atom. The highest BCUT2D eigenvalue weighted by atomic mass is 35.5. The Morgan fingerprint density at radius 3 is 2.68 bits per heavy atom. The molecule has 0 aliphatic carbocycles. The molecule has 0 saturated carbocycles. The molecule has 0 unspecified atom stereocenters. The van der Waals surface area contributed by atoms with E-state index < -0.39 is 0 Å². The average molecular weight is 396 g/mol. The van der Waals surface area contributed by atoms with Crippen molar-refractivity contribution in [1.82, 2.24) is 15.4 Å². The summed E-state index contributed by atoms with van der Waals surface area (Å²) in [6.07, 6.45) is 0. The largest absolute Gasteiger partial charge is 0.415 e. The van der Waals surface area contributed by atoms with E-state index in [1.165, 1.54) is 0 Å². The molecule has 0 fully saturated rings. The van der Waals surface area contributed by atoms with Gasteiger partial charge in [-0.15, -0.1) is 10.2 Å². The summed E-state index contributed by atoms with van der Waals surface area (Å²) in [7, 11) is 0. The summed E-state index contributed by atoms with van der Waals surface area (Å²) in [5.74, 6) is 1.60. The van der Waals surface area contributed by atoms with Gasteiger partial charge in [-0.25, -0.2) is 0 Å². The van der Waals surface area contributed by atoms with Crippen LogP contribution in [0.1, 0.15) is 30.2 Å². The Morgan fingerprint density at radius 1 is 1.07 bits per heavy atom. The SMILES string of the molecule is Cc1onc(-c2ccccc2)c1-c1nnc(C[NH2+][C@@H](C)c2cccc(Cl)c2)o1. The van der Waals surface area contributed by atoms with Crippen LogP contribution in [0, 0.1) is 6.92 Å². The zero-order valence-electron chi connectivity index (χ0n) is 15.6. The maximum atomic E-state index is 6.08. The zero-order chi connectivity index (χ0) is 19.5. The number of hydrogen-bond acceptors (Lipinski definition) is 5. The molecule has 2 N–H and O–H groups in total. The number of halogens is 1. The van der Waals surface area contributed by atoms with Gasteiger partial charge in [0.15, 0.2) is 6.54 Å². The van der Waals surface area contributed by atoms with Crippen LogP contribution in [0.2, 0.25) is 5.02 Å². The third-order valence-electron chi connectivity index (χ3n) is 4.61. The highest BCUT2D eigenvalue weighted by molar-refractivity contribution is 6.30. The number of quaternary nitrogens is 1. The molecule has 2 heterocycles. The normalized spacial score (nSPS) is 12.2. The van der Waals surface area contributed by atoms with E-state index in [-0.39, 0.29) is 6.04 Å². The highest BCUT2D eigenvalue weighted by Gasteiger charge is 2.22. The number of aryl methyl sites for hydroxylation is 1. The number of aromatic nitrogens is 3. The number of rotatable bonds is 6. The van der Waals surface area contributed by atoms with Gasteiger partial charge in [-0.2, -0.15) is 0 Å². The molecule has 2 aromatic carbocycles. The quantitative estimate of drug-likeness (QED) is 0.529. The monoisotopic (exact) mass is 395 g/mol. The van der Waals surface area contributed by atoms with Crippen molar-refractivity contribution >= 4 is 11.6 Å². The van der Waals surface area contributed by atoms with Crippen molar-refractivity contribution in [3.05, 3.63) is 76.8 Å². The maximum absolute atomic E-state index is 6.08. The fourth-order valence-corrected chi connectivity index (χ4v) is 3.26.